The number of H-pyrrole nitrogens is 1. The van der Waals surface area contributed by atoms with Gasteiger partial charge >= 0.3 is 0 Å². The van der Waals surface area contributed by atoms with Gasteiger partial charge in [0, 0.05) is 31.0 Å². The molecule has 98 valence electrons. The molecule has 1 aliphatic carbocycles. The van der Waals surface area contributed by atoms with E-state index in [4.69, 9.17) is 0 Å². The highest BCUT2D eigenvalue weighted by molar-refractivity contribution is 5.92. The number of alkyl halides is 2. The minimum Gasteiger partial charge on any atom is -0.327 e. The lowest BCUT2D eigenvalue weighted by atomic mass is 9.86. The molecule has 1 fully saturated rings. The van der Waals surface area contributed by atoms with Crippen molar-refractivity contribution in [3.63, 3.8) is 0 Å². The highest BCUT2D eigenvalue weighted by atomic mass is 19.3. The predicted molar refractivity (Wildman–Crippen MR) is 62.6 cm³/mol. The molecule has 1 atom stereocenters. The minimum atomic E-state index is -2.74. The molecule has 0 bridgehead atoms. The van der Waals surface area contributed by atoms with Crippen molar-refractivity contribution in [2.75, 3.05) is 5.32 Å². The number of aromatic nitrogens is 1. The van der Waals surface area contributed by atoms with E-state index >= 15 is 0 Å². The molecule has 2 N–H and O–H groups in total. The number of carbonyl (C=O) groups is 1. The normalized spacial score (nSPS) is 22.4. The molecule has 1 aromatic rings. The molecule has 1 amide bonds. The van der Waals surface area contributed by atoms with Crippen LogP contribution in [0.5, 0.6) is 0 Å². The molecule has 18 heavy (non-hydrogen) atoms. The van der Waals surface area contributed by atoms with E-state index in [1.165, 1.54) is 18.3 Å². The summed E-state index contributed by atoms with van der Waals surface area (Å²) in [6.45, 7) is 0. The Balaban J connectivity index is 1.99. The Morgan fingerprint density at radius 2 is 2.22 bits per heavy atom. The summed E-state index contributed by atoms with van der Waals surface area (Å²) in [5.41, 5.74) is 0.130. The van der Waals surface area contributed by atoms with Crippen molar-refractivity contribution in [1.29, 1.82) is 0 Å². The fraction of sp³-hybridized carbons (Fsp3) is 0.500. The second kappa shape index (κ2) is 4.88. The van der Waals surface area contributed by atoms with Gasteiger partial charge in [-0.3, -0.25) is 9.59 Å². The van der Waals surface area contributed by atoms with Crippen LogP contribution in [0.1, 0.15) is 25.7 Å². The number of anilines is 1. The van der Waals surface area contributed by atoms with Crippen LogP contribution >= 0.6 is 0 Å². The molecule has 0 saturated heterocycles. The fourth-order valence-electron chi connectivity index (χ4n) is 2.13. The van der Waals surface area contributed by atoms with Crippen LogP contribution in [0.4, 0.5) is 14.5 Å². The van der Waals surface area contributed by atoms with Gasteiger partial charge in [0.2, 0.25) is 17.4 Å². The Morgan fingerprint density at radius 3 is 2.83 bits per heavy atom. The summed E-state index contributed by atoms with van der Waals surface area (Å²) in [5, 5.41) is 2.53. The van der Waals surface area contributed by atoms with Crippen LogP contribution in [0, 0.1) is 5.92 Å². The molecule has 0 spiro atoms. The molecule has 0 aliphatic heterocycles. The SMILES string of the molecule is O=C(Nc1ccc(=O)[nH]c1)C1CCCC(F)(F)C1. The van der Waals surface area contributed by atoms with Crippen molar-refractivity contribution in [2.45, 2.75) is 31.6 Å². The lowest BCUT2D eigenvalue weighted by Gasteiger charge is -2.27. The van der Waals surface area contributed by atoms with Crippen molar-refractivity contribution in [3.8, 4) is 0 Å². The number of amides is 1. The van der Waals surface area contributed by atoms with Crippen LogP contribution in [0.15, 0.2) is 23.1 Å². The molecule has 0 aromatic carbocycles. The zero-order chi connectivity index (χ0) is 13.2. The topological polar surface area (TPSA) is 62.0 Å². The van der Waals surface area contributed by atoms with E-state index in [9.17, 15) is 18.4 Å². The van der Waals surface area contributed by atoms with Crippen LogP contribution < -0.4 is 10.9 Å². The van der Waals surface area contributed by atoms with Gasteiger partial charge < -0.3 is 10.3 Å². The lowest BCUT2D eigenvalue weighted by Crippen LogP contribution is -2.33. The van der Waals surface area contributed by atoms with E-state index in [1.54, 1.807) is 0 Å². The predicted octanol–water partition coefficient (Wildman–Crippen LogP) is 2.14. The van der Waals surface area contributed by atoms with Crippen LogP contribution in [0.3, 0.4) is 0 Å². The average Bonchev–Trinajstić information content (AvgIpc) is 2.31. The monoisotopic (exact) mass is 256 g/mol. The van der Waals surface area contributed by atoms with Crippen LogP contribution in [-0.2, 0) is 4.79 Å². The third-order valence-corrected chi connectivity index (χ3v) is 3.06. The lowest BCUT2D eigenvalue weighted by molar-refractivity contribution is -0.127. The Bertz CT molecular complexity index is 479. The van der Waals surface area contributed by atoms with Crippen molar-refractivity contribution >= 4 is 11.6 Å². The van der Waals surface area contributed by atoms with Crippen LogP contribution in [0.25, 0.3) is 0 Å². The second-order valence-corrected chi connectivity index (χ2v) is 4.58. The largest absolute Gasteiger partial charge is 0.327 e. The van der Waals surface area contributed by atoms with E-state index in [0.717, 1.165) is 0 Å². The quantitative estimate of drug-likeness (QED) is 0.851. The summed E-state index contributed by atoms with van der Waals surface area (Å²) in [4.78, 5) is 25.0. The molecule has 0 radical (unpaired) electrons. The summed E-state index contributed by atoms with van der Waals surface area (Å²) < 4.78 is 26.4. The van der Waals surface area contributed by atoms with E-state index < -0.39 is 24.2 Å². The highest BCUT2D eigenvalue weighted by Crippen LogP contribution is 2.36. The molecule has 1 saturated carbocycles. The third kappa shape index (κ3) is 3.15. The molecule has 1 aliphatic rings. The van der Waals surface area contributed by atoms with Crippen LogP contribution in [0.2, 0.25) is 0 Å². The molecule has 1 aromatic heterocycles. The smallest absolute Gasteiger partial charge is 0.248 e. The summed E-state index contributed by atoms with van der Waals surface area (Å²) in [6.07, 6.45) is 1.64. The Morgan fingerprint density at radius 1 is 1.44 bits per heavy atom. The first-order chi connectivity index (χ1) is 8.46. The fourth-order valence-corrected chi connectivity index (χ4v) is 2.13. The Hall–Kier alpha value is -1.72. The van der Waals surface area contributed by atoms with Gasteiger partial charge in [-0.15, -0.1) is 0 Å². The van der Waals surface area contributed by atoms with Gasteiger partial charge in [0.1, 0.15) is 0 Å². The van der Waals surface area contributed by atoms with Gasteiger partial charge in [0.25, 0.3) is 0 Å². The number of rotatable bonds is 2. The van der Waals surface area contributed by atoms with Gasteiger partial charge in [0.05, 0.1) is 5.69 Å². The van der Waals surface area contributed by atoms with Crippen molar-refractivity contribution in [1.82, 2.24) is 4.98 Å². The number of hydrogen-bond donors (Lipinski definition) is 2. The van der Waals surface area contributed by atoms with Crippen LogP contribution in [-0.4, -0.2) is 16.8 Å². The van der Waals surface area contributed by atoms with Crippen molar-refractivity contribution < 1.29 is 13.6 Å². The van der Waals surface area contributed by atoms with Gasteiger partial charge in [-0.05, 0) is 18.9 Å². The van der Waals surface area contributed by atoms with Crippen molar-refractivity contribution in [2.24, 2.45) is 5.92 Å². The number of nitrogens with one attached hydrogen (secondary N) is 2. The molecule has 1 heterocycles. The maximum atomic E-state index is 13.2. The second-order valence-electron chi connectivity index (χ2n) is 4.58. The van der Waals surface area contributed by atoms with E-state index in [0.29, 0.717) is 18.5 Å². The minimum absolute atomic E-state index is 0.143. The van der Waals surface area contributed by atoms with Gasteiger partial charge in [0.15, 0.2) is 0 Å². The van der Waals surface area contributed by atoms with E-state index in [2.05, 4.69) is 10.3 Å². The first-order valence-electron chi connectivity index (χ1n) is 5.84. The standard InChI is InChI=1S/C12H14F2N2O2/c13-12(14)5-1-2-8(6-12)11(18)16-9-3-4-10(17)15-7-9/h3-4,7-8H,1-2,5-6H2,(H,15,17)(H,16,18). The highest BCUT2D eigenvalue weighted by Gasteiger charge is 2.39. The number of halogens is 2. The number of aromatic amines is 1. The van der Waals surface area contributed by atoms with Gasteiger partial charge in [-0.2, -0.15) is 0 Å². The molecule has 6 heteroatoms. The first kappa shape index (κ1) is 12.7. The zero-order valence-electron chi connectivity index (χ0n) is 9.71. The summed E-state index contributed by atoms with van der Waals surface area (Å²) in [7, 11) is 0. The Kier molecular flexibility index (Phi) is 3.45. The molecular weight excluding hydrogens is 242 g/mol. The third-order valence-electron chi connectivity index (χ3n) is 3.06. The maximum Gasteiger partial charge on any atom is 0.248 e. The summed E-state index contributed by atoms with van der Waals surface area (Å²) in [5.74, 6) is -3.83. The van der Waals surface area contributed by atoms with E-state index in [-0.39, 0.29) is 12.0 Å². The van der Waals surface area contributed by atoms with Crippen molar-refractivity contribution in [3.05, 3.63) is 28.7 Å². The maximum absolute atomic E-state index is 13.2. The number of pyridine rings is 1. The number of hydrogen-bond acceptors (Lipinski definition) is 2. The average molecular weight is 256 g/mol. The van der Waals surface area contributed by atoms with Gasteiger partial charge in [-0.1, -0.05) is 0 Å². The molecular formula is C12H14F2N2O2. The molecule has 4 nitrogen and oxygen atoms in total. The zero-order valence-corrected chi connectivity index (χ0v) is 9.71. The number of carbonyl (C=O) groups excluding carboxylic acids is 1. The molecule has 2 rings (SSSR count). The summed E-state index contributed by atoms with van der Waals surface area (Å²) in [6, 6.07) is 2.71. The van der Waals surface area contributed by atoms with Gasteiger partial charge in [-0.25, -0.2) is 8.78 Å². The summed E-state index contributed by atoms with van der Waals surface area (Å²) >= 11 is 0. The molecule has 1 unspecified atom stereocenters. The Labute approximate surface area is 102 Å². The van der Waals surface area contributed by atoms with E-state index in [1.807, 2.05) is 0 Å². The first-order valence-corrected chi connectivity index (χ1v) is 5.84.